The number of hydrogen-bond donors (Lipinski definition) is 2. The fourth-order valence-corrected chi connectivity index (χ4v) is 3.77. The summed E-state index contributed by atoms with van der Waals surface area (Å²) in [6.45, 7) is 7.74. The van der Waals surface area contributed by atoms with Gasteiger partial charge in [-0.05, 0) is 60.6 Å². The summed E-state index contributed by atoms with van der Waals surface area (Å²) in [5, 5.41) is 17.9. The number of fused-ring (bicyclic) bond motifs is 2. The van der Waals surface area contributed by atoms with E-state index in [-0.39, 0.29) is 0 Å². The van der Waals surface area contributed by atoms with Gasteiger partial charge in [-0.1, -0.05) is 56.3 Å². The van der Waals surface area contributed by atoms with Crippen LogP contribution in [0.25, 0.3) is 0 Å². The quantitative estimate of drug-likeness (QED) is 0.363. The molecule has 6 heteroatoms. The molecule has 6 nitrogen and oxygen atoms in total. The van der Waals surface area contributed by atoms with E-state index in [2.05, 4.69) is 18.8 Å². The van der Waals surface area contributed by atoms with E-state index in [0.29, 0.717) is 11.8 Å². The van der Waals surface area contributed by atoms with E-state index in [9.17, 15) is 9.59 Å². The summed E-state index contributed by atoms with van der Waals surface area (Å²) >= 11 is 0. The van der Waals surface area contributed by atoms with E-state index in [1.54, 1.807) is 26.1 Å². The Kier molecular flexibility index (Phi) is 8.05. The van der Waals surface area contributed by atoms with Gasteiger partial charge < -0.3 is 14.9 Å². The van der Waals surface area contributed by atoms with E-state index in [4.69, 9.17) is 14.9 Å². The second-order valence-corrected chi connectivity index (χ2v) is 9.07. The van der Waals surface area contributed by atoms with Crippen LogP contribution in [0.15, 0.2) is 60.8 Å². The third kappa shape index (κ3) is 6.22. The third-order valence-electron chi connectivity index (χ3n) is 5.89. The first-order valence-corrected chi connectivity index (χ1v) is 11.4. The predicted molar refractivity (Wildman–Crippen MR) is 131 cm³/mol. The first kappa shape index (κ1) is 25.0. The summed E-state index contributed by atoms with van der Waals surface area (Å²) in [4.78, 5) is 26.0. The Balaban J connectivity index is 0.000000197. The lowest BCUT2D eigenvalue weighted by Crippen LogP contribution is -2.10. The number of carbonyl (C=O) groups is 2. The van der Waals surface area contributed by atoms with Gasteiger partial charge in [0.25, 0.3) is 0 Å². The highest BCUT2D eigenvalue weighted by Crippen LogP contribution is 2.36. The number of hydrogen-bond acceptors (Lipinski definition) is 4. The molecule has 2 heterocycles. The van der Waals surface area contributed by atoms with Crippen molar-refractivity contribution in [2.45, 2.75) is 52.4 Å². The summed E-state index contributed by atoms with van der Waals surface area (Å²) in [6.07, 6.45) is 3.46. The summed E-state index contributed by atoms with van der Waals surface area (Å²) in [7, 11) is 0. The number of carboxylic acid groups (broad SMARTS) is 2. The van der Waals surface area contributed by atoms with Crippen molar-refractivity contribution in [1.82, 2.24) is 4.98 Å². The van der Waals surface area contributed by atoms with Crippen LogP contribution in [0, 0.1) is 5.92 Å². The Labute approximate surface area is 200 Å². The molecule has 0 bridgehead atoms. The minimum Gasteiger partial charge on any atom is -0.481 e. The fraction of sp³-hybridized carbons (Fsp3) is 0.321. The van der Waals surface area contributed by atoms with Gasteiger partial charge in [0.15, 0.2) is 0 Å². The molecule has 4 rings (SSSR count). The van der Waals surface area contributed by atoms with Gasteiger partial charge in [-0.2, -0.15) is 0 Å². The van der Waals surface area contributed by atoms with Crippen LogP contribution in [0.3, 0.4) is 0 Å². The lowest BCUT2D eigenvalue weighted by Gasteiger charge is -2.20. The molecule has 0 fully saturated rings. The zero-order chi connectivity index (χ0) is 24.8. The lowest BCUT2D eigenvalue weighted by molar-refractivity contribution is -0.139. The van der Waals surface area contributed by atoms with Gasteiger partial charge in [-0.25, -0.2) is 4.98 Å². The highest BCUT2D eigenvalue weighted by Gasteiger charge is 2.21. The average Bonchev–Trinajstić information content (AvgIpc) is 2.81. The number of carboxylic acids is 2. The molecule has 0 saturated heterocycles. The highest BCUT2D eigenvalue weighted by atomic mass is 16.5. The van der Waals surface area contributed by atoms with E-state index < -0.39 is 23.8 Å². The van der Waals surface area contributed by atoms with Crippen LogP contribution < -0.4 is 4.74 Å². The Bertz CT molecular complexity index is 1150. The monoisotopic (exact) mass is 461 g/mol. The number of benzene rings is 2. The number of aliphatic carboxylic acids is 2. The van der Waals surface area contributed by atoms with Crippen molar-refractivity contribution in [2.24, 2.45) is 5.92 Å². The van der Waals surface area contributed by atoms with Gasteiger partial charge in [0.1, 0.15) is 5.75 Å². The molecule has 2 atom stereocenters. The molecule has 0 spiro atoms. The third-order valence-corrected chi connectivity index (χ3v) is 5.89. The standard InChI is InChI=1S/C15H13NO3.C13H18O2/c1-9(15(17)18)10-4-5-13-12(7-10)8-11-3-2-6-16-14(11)19-13;1-9(2)8-11-4-6-12(7-5-11)10(3)13(14)15/h2-7,9H,8H2,1H3,(H,17,18);4-7,9-10H,8H2,1-3H3,(H,14,15). The molecular weight excluding hydrogens is 430 g/mol. The molecule has 1 aliphatic heterocycles. The maximum absolute atomic E-state index is 11.0. The summed E-state index contributed by atoms with van der Waals surface area (Å²) in [5.74, 6) is -0.502. The van der Waals surface area contributed by atoms with Crippen molar-refractivity contribution in [1.29, 1.82) is 0 Å². The topological polar surface area (TPSA) is 96.7 Å². The predicted octanol–water partition coefficient (Wildman–Crippen LogP) is 6.04. The highest BCUT2D eigenvalue weighted by molar-refractivity contribution is 5.76. The number of ether oxygens (including phenoxy) is 1. The molecule has 3 aromatic rings. The van der Waals surface area contributed by atoms with E-state index in [1.165, 1.54) is 5.56 Å². The fourth-order valence-electron chi connectivity index (χ4n) is 3.77. The zero-order valence-electron chi connectivity index (χ0n) is 20.0. The Morgan fingerprint density at radius 2 is 1.50 bits per heavy atom. The van der Waals surface area contributed by atoms with Crippen LogP contribution in [0.2, 0.25) is 0 Å². The van der Waals surface area contributed by atoms with Crippen LogP contribution in [0.4, 0.5) is 0 Å². The summed E-state index contributed by atoms with van der Waals surface area (Å²) < 4.78 is 5.71. The van der Waals surface area contributed by atoms with Crippen molar-refractivity contribution in [3.8, 4) is 11.6 Å². The number of rotatable bonds is 6. The molecule has 1 aromatic heterocycles. The molecule has 0 aliphatic carbocycles. The van der Waals surface area contributed by atoms with Gasteiger partial charge in [-0.15, -0.1) is 0 Å². The van der Waals surface area contributed by atoms with E-state index in [1.807, 2.05) is 48.5 Å². The SMILES string of the molecule is CC(C(=O)O)c1ccc2c(c1)Cc1cccnc1O2.CC(C)Cc1ccc(C(C)C(=O)O)cc1. The molecule has 0 amide bonds. The first-order valence-electron chi connectivity index (χ1n) is 11.4. The largest absolute Gasteiger partial charge is 0.481 e. The van der Waals surface area contributed by atoms with Gasteiger partial charge in [-0.3, -0.25) is 9.59 Å². The van der Waals surface area contributed by atoms with Crippen molar-refractivity contribution in [2.75, 3.05) is 0 Å². The molecular formula is C28H31NO5. The lowest BCUT2D eigenvalue weighted by atomic mass is 9.95. The molecule has 0 saturated carbocycles. The summed E-state index contributed by atoms with van der Waals surface area (Å²) in [5.41, 5.74) is 4.96. The van der Waals surface area contributed by atoms with Crippen LogP contribution in [0.5, 0.6) is 11.6 Å². The van der Waals surface area contributed by atoms with Crippen LogP contribution in [-0.2, 0) is 22.4 Å². The van der Waals surface area contributed by atoms with Gasteiger partial charge in [0.2, 0.25) is 5.88 Å². The second-order valence-electron chi connectivity index (χ2n) is 9.07. The molecule has 2 unspecified atom stereocenters. The normalized spacial score (nSPS) is 13.4. The van der Waals surface area contributed by atoms with Crippen LogP contribution in [0.1, 0.15) is 67.3 Å². The van der Waals surface area contributed by atoms with Crippen LogP contribution >= 0.6 is 0 Å². The van der Waals surface area contributed by atoms with Crippen LogP contribution in [-0.4, -0.2) is 27.1 Å². The minimum absolute atomic E-state index is 0.418. The zero-order valence-corrected chi connectivity index (χ0v) is 20.0. The minimum atomic E-state index is -0.821. The maximum Gasteiger partial charge on any atom is 0.310 e. The number of pyridine rings is 1. The van der Waals surface area contributed by atoms with Crippen molar-refractivity contribution in [3.63, 3.8) is 0 Å². The number of aromatic nitrogens is 1. The Hall–Kier alpha value is -3.67. The molecule has 2 aromatic carbocycles. The van der Waals surface area contributed by atoms with Crippen molar-refractivity contribution >= 4 is 11.9 Å². The molecule has 34 heavy (non-hydrogen) atoms. The van der Waals surface area contributed by atoms with Crippen molar-refractivity contribution < 1.29 is 24.5 Å². The first-order chi connectivity index (χ1) is 16.2. The number of nitrogens with zero attached hydrogens (tertiary/aromatic N) is 1. The van der Waals surface area contributed by atoms with Gasteiger partial charge >= 0.3 is 11.9 Å². The Morgan fingerprint density at radius 3 is 2.12 bits per heavy atom. The van der Waals surface area contributed by atoms with Gasteiger partial charge in [0, 0.05) is 18.2 Å². The van der Waals surface area contributed by atoms with E-state index in [0.717, 1.165) is 40.8 Å². The average molecular weight is 462 g/mol. The molecule has 178 valence electrons. The van der Waals surface area contributed by atoms with Gasteiger partial charge in [0.05, 0.1) is 11.8 Å². The Morgan fingerprint density at radius 1 is 0.882 bits per heavy atom. The van der Waals surface area contributed by atoms with E-state index >= 15 is 0 Å². The second kappa shape index (κ2) is 11.0. The maximum atomic E-state index is 11.0. The molecule has 1 aliphatic rings. The smallest absolute Gasteiger partial charge is 0.310 e. The van der Waals surface area contributed by atoms with Crippen molar-refractivity contribution in [3.05, 3.63) is 88.6 Å². The molecule has 0 radical (unpaired) electrons. The summed E-state index contributed by atoms with van der Waals surface area (Å²) in [6, 6.07) is 17.2. The molecule has 2 N–H and O–H groups in total.